The minimum atomic E-state index is -2.11. The molecular weight excluding hydrogens is 1410 g/mol. The SMILES string of the molecule is CC[C@@H]1OC(=O)[C@@H](C)[C@H](OC2C[C@](C)(OC)[C@H](O)[C@@H](C)O2)[C@@H](C)[C@H](OC2O[C@@H](C)C[C@@H](N(C)C)[C@@H]2O)[C@](C)(O)C[C@H](C)C(=NOC/C=C/CON=C2[C@H](C)C[C@](C)(O)[C@H](OC3O[C@H](C)C[C@H](N(C)C)[C@H]3O)[C@@H](C)[C@H](OC3C[C@@](C)(OC)[C@@H](O)[C@H](C)O3)[C@@H](C)C(=O)O[C@H](CC)[C@@](C)(O)[C@H](O)[C@H]2C)[C@@H](C)[C@H](O)[C@@]1(C)O. The minimum absolute atomic E-state index is 0.0278. The van der Waals surface area contributed by atoms with Gasteiger partial charge in [-0.05, 0) is 162 Å². The molecule has 108 heavy (non-hydrogen) atoms. The zero-order valence-electron chi connectivity index (χ0n) is 69.3. The summed E-state index contributed by atoms with van der Waals surface area (Å²) in [6.07, 6.45) is -18.5. The number of methoxy groups -OCH3 is 2. The summed E-state index contributed by atoms with van der Waals surface area (Å²) >= 11 is 0. The molecule has 36 atom stereocenters. The normalized spacial score (nSPS) is 48.6. The maximum atomic E-state index is 14.8. The summed E-state index contributed by atoms with van der Waals surface area (Å²) in [5.74, 6) is -9.46. The van der Waals surface area contributed by atoms with E-state index in [2.05, 4.69) is 10.3 Å². The Labute approximate surface area is 641 Å². The molecule has 6 aliphatic rings. The quantitative estimate of drug-likeness (QED) is 0.0340. The van der Waals surface area contributed by atoms with Gasteiger partial charge in [-0.1, -0.05) is 65.7 Å². The van der Waals surface area contributed by atoms with Crippen LogP contribution in [0.4, 0.5) is 0 Å². The summed E-state index contributed by atoms with van der Waals surface area (Å²) in [6.45, 7) is 32.9. The zero-order chi connectivity index (χ0) is 81.6. The van der Waals surface area contributed by atoms with Crippen LogP contribution >= 0.6 is 0 Å². The molecule has 0 radical (unpaired) electrons. The maximum absolute atomic E-state index is 14.8. The van der Waals surface area contributed by atoms with Crippen LogP contribution in [0, 0.1) is 47.3 Å². The minimum Gasteiger partial charge on any atom is -0.459 e. The second-order valence-electron chi connectivity index (χ2n) is 34.2. The number of oxime groups is 2. The third-order valence-corrected chi connectivity index (χ3v) is 24.6. The summed E-state index contributed by atoms with van der Waals surface area (Å²) in [7, 11) is 10.3. The predicted octanol–water partition coefficient (Wildman–Crippen LogP) is 4.75. The first-order chi connectivity index (χ1) is 50.0. The molecule has 0 amide bonds. The molecular formula is C78H140N4O26. The van der Waals surface area contributed by atoms with Crippen LogP contribution < -0.4 is 0 Å². The van der Waals surface area contributed by atoms with Crippen LogP contribution in [0.5, 0.6) is 0 Å². The van der Waals surface area contributed by atoms with Crippen molar-refractivity contribution in [1.29, 1.82) is 0 Å². The molecule has 0 aliphatic carbocycles. The summed E-state index contributed by atoms with van der Waals surface area (Å²) in [6, 6.07) is -0.829. The number of hydrogen-bond donors (Lipinski definition) is 10. The van der Waals surface area contributed by atoms with E-state index in [-0.39, 0.29) is 63.2 Å². The highest BCUT2D eigenvalue weighted by Crippen LogP contribution is 2.45. The molecule has 6 fully saturated rings. The van der Waals surface area contributed by atoms with Crippen molar-refractivity contribution in [3.05, 3.63) is 12.2 Å². The number of aliphatic hydroxyl groups excluding tert-OH is 6. The van der Waals surface area contributed by atoms with Crippen molar-refractivity contribution >= 4 is 23.4 Å². The molecule has 6 saturated heterocycles. The van der Waals surface area contributed by atoms with E-state index in [9.17, 15) is 60.7 Å². The first-order valence-corrected chi connectivity index (χ1v) is 39.1. The molecule has 0 aromatic carbocycles. The molecule has 30 heteroatoms. The van der Waals surface area contributed by atoms with Crippen LogP contribution in [-0.4, -0.2) is 308 Å². The lowest BCUT2D eigenvalue weighted by atomic mass is 9.73. The van der Waals surface area contributed by atoms with Gasteiger partial charge < -0.3 is 127 Å². The molecule has 6 rings (SSSR count). The molecule has 0 aromatic rings. The van der Waals surface area contributed by atoms with Gasteiger partial charge >= 0.3 is 11.9 Å². The molecule has 0 bridgehead atoms. The highest BCUT2D eigenvalue weighted by Gasteiger charge is 2.57. The van der Waals surface area contributed by atoms with Crippen LogP contribution in [0.15, 0.2) is 22.5 Å². The van der Waals surface area contributed by atoms with Gasteiger partial charge in [0.25, 0.3) is 0 Å². The van der Waals surface area contributed by atoms with Gasteiger partial charge in [0, 0.05) is 74.7 Å². The molecule has 30 nitrogen and oxygen atoms in total. The topological polar surface area (TPSA) is 397 Å². The Kier molecular flexibility index (Phi) is 33.3. The number of carbonyl (C=O) groups excluding carboxylic acids is 2. The molecule has 0 aromatic heterocycles. The Hall–Kier alpha value is -3.26. The Morgan fingerprint density at radius 3 is 1.09 bits per heavy atom. The fourth-order valence-corrected chi connectivity index (χ4v) is 17.6. The lowest BCUT2D eigenvalue weighted by Crippen LogP contribution is -2.61. The van der Waals surface area contributed by atoms with Gasteiger partial charge in [0.15, 0.2) is 25.2 Å². The smallest absolute Gasteiger partial charge is 0.311 e. The molecule has 10 N–H and O–H groups in total. The van der Waals surface area contributed by atoms with Gasteiger partial charge in [-0.3, -0.25) is 9.59 Å². The van der Waals surface area contributed by atoms with E-state index in [0.717, 1.165) is 0 Å². The van der Waals surface area contributed by atoms with Crippen LogP contribution in [-0.2, 0) is 76.1 Å². The van der Waals surface area contributed by atoms with Crippen LogP contribution in [0.3, 0.4) is 0 Å². The fraction of sp³-hybridized carbons (Fsp3) is 0.923. The Morgan fingerprint density at radius 2 is 0.796 bits per heavy atom. The van der Waals surface area contributed by atoms with E-state index in [1.54, 1.807) is 123 Å². The van der Waals surface area contributed by atoms with E-state index in [1.807, 2.05) is 51.8 Å². The molecule has 4 unspecified atom stereocenters. The summed E-state index contributed by atoms with van der Waals surface area (Å²) in [5.41, 5.74) is -9.93. The van der Waals surface area contributed by atoms with Crippen molar-refractivity contribution in [2.45, 2.75) is 358 Å². The van der Waals surface area contributed by atoms with Crippen molar-refractivity contribution < 1.29 is 127 Å². The van der Waals surface area contributed by atoms with Crippen molar-refractivity contribution in [2.24, 2.45) is 57.7 Å². The Balaban J connectivity index is 1.36. The molecule has 0 spiro atoms. The lowest BCUT2D eigenvalue weighted by Gasteiger charge is -2.49. The predicted molar refractivity (Wildman–Crippen MR) is 398 cm³/mol. The number of likely N-dealkylation sites (N-methyl/N-ethyl adjacent to an activating group) is 2. The van der Waals surface area contributed by atoms with Crippen molar-refractivity contribution in [2.75, 3.05) is 55.6 Å². The molecule has 628 valence electrons. The Bertz CT molecular complexity index is 2740. The molecule has 0 saturated carbocycles. The first-order valence-electron chi connectivity index (χ1n) is 39.1. The maximum Gasteiger partial charge on any atom is 0.311 e. The standard InChI is InChI=1S/C78H140N4O26/c1-27-53-77(19,93)63(85)43(7)57(39(3)35-73(15,91)67(107-71-59(83)51(81(21)22)33-41(5)99-71)45(9)61(47(11)69(89)103-53)105-55-37-75(17,95-25)65(87)49(13)101-55)79-97-31-29-30-32-98-80-58-40(4)36-74(16,92)68(108-72-60(84)52(82(23)24)34-42(6)100-72)46(10)62(106-56-38-76(18,96-26)66(88)50(14)102-56)48(12)70(90)104-54(28-2)78(20,94)64(86)44(58)8/h29-30,39-56,59-68,71-72,83-88,91-94H,27-28,31-38H2,1-26H3/b30-29+,79-57?,80-58?/t39-,40+,41-,42+,43+,44-,45+,46-,47-,48+,49+,50-,51+,52-,53-,54+,55?,56?,59-,60+,61+,62-,63-,64+,65+,66-,67-,68+,71?,72?,73+,74-,75-,76+,77-,78+. The summed E-state index contributed by atoms with van der Waals surface area (Å²) < 4.78 is 76.7. The van der Waals surface area contributed by atoms with Crippen LogP contribution in [0.2, 0.25) is 0 Å². The van der Waals surface area contributed by atoms with Crippen LogP contribution in [0.1, 0.15) is 190 Å². The van der Waals surface area contributed by atoms with E-state index in [0.29, 0.717) is 12.8 Å². The summed E-state index contributed by atoms with van der Waals surface area (Å²) in [4.78, 5) is 45.4. The third kappa shape index (κ3) is 21.6. The van der Waals surface area contributed by atoms with E-state index in [4.69, 9.17) is 66.5 Å². The number of rotatable bonds is 20. The number of ether oxygens (including phenoxy) is 12. The highest BCUT2D eigenvalue weighted by atomic mass is 16.7. The van der Waals surface area contributed by atoms with Crippen LogP contribution in [0.25, 0.3) is 0 Å². The number of cyclic esters (lactones) is 2. The van der Waals surface area contributed by atoms with E-state index < -0.39 is 228 Å². The van der Waals surface area contributed by atoms with Gasteiger partial charge in [-0.15, -0.1) is 0 Å². The molecule has 6 aliphatic heterocycles. The van der Waals surface area contributed by atoms with E-state index in [1.165, 1.54) is 28.1 Å². The molecule has 6 heterocycles. The average Bonchev–Trinajstić information content (AvgIpc) is 0.770. The third-order valence-electron chi connectivity index (χ3n) is 24.6. The second-order valence-corrected chi connectivity index (χ2v) is 34.2. The van der Waals surface area contributed by atoms with Crippen molar-refractivity contribution in [3.8, 4) is 0 Å². The van der Waals surface area contributed by atoms with Crippen molar-refractivity contribution in [3.63, 3.8) is 0 Å². The van der Waals surface area contributed by atoms with Crippen molar-refractivity contribution in [1.82, 2.24) is 9.80 Å². The highest BCUT2D eigenvalue weighted by molar-refractivity contribution is 5.89. The largest absolute Gasteiger partial charge is 0.459 e. The number of aliphatic hydroxyl groups is 10. The van der Waals surface area contributed by atoms with Gasteiger partial charge in [-0.2, -0.15) is 0 Å². The zero-order valence-corrected chi connectivity index (χ0v) is 69.3. The summed E-state index contributed by atoms with van der Waals surface area (Å²) in [5, 5.41) is 132. The fourth-order valence-electron chi connectivity index (χ4n) is 17.6. The lowest BCUT2D eigenvalue weighted by molar-refractivity contribution is -0.318. The second kappa shape index (κ2) is 38.5. The number of nitrogens with zero attached hydrogens (tertiary/aromatic N) is 4. The van der Waals surface area contributed by atoms with Gasteiger partial charge in [0.2, 0.25) is 0 Å². The van der Waals surface area contributed by atoms with Gasteiger partial charge in [0.1, 0.15) is 61.0 Å². The van der Waals surface area contributed by atoms with E-state index >= 15 is 0 Å². The van der Waals surface area contributed by atoms with Gasteiger partial charge in [0.05, 0.1) is 107 Å². The number of hydrogen-bond acceptors (Lipinski definition) is 30. The number of esters is 2. The number of carbonyl (C=O) groups is 2. The average molecular weight is 1550 g/mol. The monoisotopic (exact) mass is 1550 g/mol. The first kappa shape index (κ1) is 93.6. The van der Waals surface area contributed by atoms with Gasteiger partial charge in [-0.25, -0.2) is 0 Å². The Morgan fingerprint density at radius 1 is 0.472 bits per heavy atom.